The summed E-state index contributed by atoms with van der Waals surface area (Å²) >= 11 is 6.68. The van der Waals surface area contributed by atoms with Gasteiger partial charge in [0.2, 0.25) is 0 Å². The zero-order valence-electron chi connectivity index (χ0n) is 8.70. The zero-order valence-corrected chi connectivity index (χ0v) is 11.9. The molecular weight excluding hydrogens is 338 g/mol. The van der Waals surface area contributed by atoms with Crippen molar-refractivity contribution in [3.05, 3.63) is 38.9 Å². The van der Waals surface area contributed by atoms with E-state index in [1.165, 1.54) is 0 Å². The maximum absolute atomic E-state index is 5.44. The minimum absolute atomic E-state index is 0.694. The molecule has 0 saturated heterocycles. The van der Waals surface area contributed by atoms with Crippen LogP contribution in [-0.4, -0.2) is 9.78 Å². The van der Waals surface area contributed by atoms with Gasteiger partial charge in [-0.05, 0) is 37.9 Å². The molecule has 0 aromatic carbocycles. The van der Waals surface area contributed by atoms with E-state index in [-0.39, 0.29) is 0 Å². The van der Waals surface area contributed by atoms with Crippen molar-refractivity contribution in [2.45, 2.75) is 13.1 Å². The molecule has 16 heavy (non-hydrogen) atoms. The lowest BCUT2D eigenvalue weighted by molar-refractivity contribution is 0.464. The highest BCUT2D eigenvalue weighted by Crippen LogP contribution is 2.26. The molecule has 6 heteroatoms. The van der Waals surface area contributed by atoms with Gasteiger partial charge in [-0.25, -0.2) is 0 Å². The van der Waals surface area contributed by atoms with E-state index < -0.39 is 0 Å². The molecule has 0 aliphatic heterocycles. The number of aryl methyl sites for hydroxylation is 1. The summed E-state index contributed by atoms with van der Waals surface area (Å²) in [4.78, 5) is 0. The van der Waals surface area contributed by atoms with Gasteiger partial charge in [0.25, 0.3) is 0 Å². The van der Waals surface area contributed by atoms with E-state index in [1.54, 1.807) is 4.68 Å². The lowest BCUT2D eigenvalue weighted by atomic mass is 10.3. The Bertz CT molecular complexity index is 459. The Labute approximate surface area is 110 Å². The van der Waals surface area contributed by atoms with Crippen molar-refractivity contribution in [1.29, 1.82) is 0 Å². The van der Waals surface area contributed by atoms with Crippen LogP contribution >= 0.6 is 31.9 Å². The van der Waals surface area contributed by atoms with Gasteiger partial charge in [-0.15, -0.1) is 0 Å². The normalized spacial score (nSPS) is 10.9. The fourth-order valence-electron chi connectivity index (χ4n) is 1.37. The Hall–Kier alpha value is -0.590. The number of furan rings is 1. The van der Waals surface area contributed by atoms with E-state index in [0.29, 0.717) is 6.54 Å². The second-order valence-electron chi connectivity index (χ2n) is 3.46. The molecule has 2 aromatic heterocycles. The largest absolute Gasteiger partial charge is 0.452 e. The van der Waals surface area contributed by atoms with Gasteiger partial charge < -0.3 is 9.73 Å². The van der Waals surface area contributed by atoms with E-state index in [1.807, 2.05) is 25.5 Å². The van der Waals surface area contributed by atoms with Crippen molar-refractivity contribution in [2.75, 3.05) is 0 Å². The predicted octanol–water partition coefficient (Wildman–Crippen LogP) is 2.83. The molecule has 1 N–H and O–H groups in total. The van der Waals surface area contributed by atoms with Crippen LogP contribution in [0.25, 0.3) is 0 Å². The fourth-order valence-corrected chi connectivity index (χ4v) is 2.03. The first-order valence-electron chi connectivity index (χ1n) is 4.77. The average molecular weight is 349 g/mol. The van der Waals surface area contributed by atoms with Gasteiger partial charge in [0.1, 0.15) is 5.76 Å². The third-order valence-electron chi connectivity index (χ3n) is 2.08. The van der Waals surface area contributed by atoms with Gasteiger partial charge >= 0.3 is 0 Å². The Balaban J connectivity index is 1.84. The summed E-state index contributed by atoms with van der Waals surface area (Å²) in [5.41, 5.74) is 1.16. The molecule has 0 saturated carbocycles. The Morgan fingerprint density at radius 1 is 1.44 bits per heavy atom. The number of hydrogen-bond donors (Lipinski definition) is 1. The lowest BCUT2D eigenvalue weighted by Gasteiger charge is -1.99. The number of aromatic nitrogens is 2. The standard InChI is InChI=1S/C10H11Br2N3O/c1-15-6-7(4-14-15)3-13-5-8-2-9(11)10(12)16-8/h2,4,6,13H,3,5H2,1H3. The van der Waals surface area contributed by atoms with Crippen LogP contribution in [0.4, 0.5) is 0 Å². The van der Waals surface area contributed by atoms with Crippen molar-refractivity contribution in [3.63, 3.8) is 0 Å². The van der Waals surface area contributed by atoms with Crippen molar-refractivity contribution in [2.24, 2.45) is 7.05 Å². The van der Waals surface area contributed by atoms with Crippen LogP contribution < -0.4 is 5.32 Å². The summed E-state index contributed by atoms with van der Waals surface area (Å²) < 4.78 is 8.90. The van der Waals surface area contributed by atoms with E-state index in [4.69, 9.17) is 4.42 Å². The highest BCUT2D eigenvalue weighted by molar-refractivity contribution is 9.13. The lowest BCUT2D eigenvalue weighted by Crippen LogP contribution is -2.11. The molecule has 0 aliphatic carbocycles. The number of hydrogen-bond acceptors (Lipinski definition) is 3. The van der Waals surface area contributed by atoms with Gasteiger partial charge in [0.05, 0.1) is 17.2 Å². The number of nitrogens with zero attached hydrogens (tertiary/aromatic N) is 2. The molecule has 0 atom stereocenters. The number of nitrogens with one attached hydrogen (secondary N) is 1. The Morgan fingerprint density at radius 2 is 2.25 bits per heavy atom. The van der Waals surface area contributed by atoms with Crippen LogP contribution in [0, 0.1) is 0 Å². The second kappa shape index (κ2) is 5.16. The third kappa shape index (κ3) is 2.96. The SMILES string of the molecule is Cn1cc(CNCc2cc(Br)c(Br)o2)cn1. The van der Waals surface area contributed by atoms with Crippen LogP contribution in [0.5, 0.6) is 0 Å². The predicted molar refractivity (Wildman–Crippen MR) is 67.9 cm³/mol. The van der Waals surface area contributed by atoms with Crippen molar-refractivity contribution in [3.8, 4) is 0 Å². The van der Waals surface area contributed by atoms with Crippen molar-refractivity contribution in [1.82, 2.24) is 15.1 Å². The third-order valence-corrected chi connectivity index (χ3v) is 3.79. The maximum atomic E-state index is 5.44. The smallest absolute Gasteiger partial charge is 0.183 e. The first kappa shape index (κ1) is 11.9. The molecule has 0 amide bonds. The van der Waals surface area contributed by atoms with Crippen LogP contribution in [0.15, 0.2) is 32.0 Å². The van der Waals surface area contributed by atoms with Crippen molar-refractivity contribution >= 4 is 31.9 Å². The van der Waals surface area contributed by atoms with Gasteiger partial charge in [-0.2, -0.15) is 5.10 Å². The summed E-state index contributed by atoms with van der Waals surface area (Å²) in [5, 5.41) is 7.38. The highest BCUT2D eigenvalue weighted by atomic mass is 79.9. The fraction of sp³-hybridized carbons (Fsp3) is 0.300. The molecule has 2 heterocycles. The van der Waals surface area contributed by atoms with E-state index in [0.717, 1.165) is 27.0 Å². The molecule has 2 rings (SSSR count). The molecule has 0 radical (unpaired) electrons. The summed E-state index contributed by atoms with van der Waals surface area (Å²) in [6.07, 6.45) is 3.84. The van der Waals surface area contributed by atoms with E-state index in [2.05, 4.69) is 42.3 Å². The minimum Gasteiger partial charge on any atom is -0.452 e. The van der Waals surface area contributed by atoms with Crippen molar-refractivity contribution < 1.29 is 4.42 Å². The van der Waals surface area contributed by atoms with Crippen LogP contribution in [-0.2, 0) is 20.1 Å². The minimum atomic E-state index is 0.694. The molecule has 0 fully saturated rings. The molecule has 2 aromatic rings. The quantitative estimate of drug-likeness (QED) is 0.923. The molecular formula is C10H11Br2N3O. The van der Waals surface area contributed by atoms with E-state index >= 15 is 0 Å². The number of halogens is 2. The molecule has 4 nitrogen and oxygen atoms in total. The molecule has 0 spiro atoms. The van der Waals surface area contributed by atoms with Gasteiger partial charge in [-0.1, -0.05) is 0 Å². The zero-order chi connectivity index (χ0) is 11.5. The Kier molecular flexibility index (Phi) is 3.83. The van der Waals surface area contributed by atoms with Gasteiger partial charge in [0.15, 0.2) is 4.67 Å². The summed E-state index contributed by atoms with van der Waals surface area (Å²) in [6, 6.07) is 1.94. The van der Waals surface area contributed by atoms with Crippen LogP contribution in [0.1, 0.15) is 11.3 Å². The van der Waals surface area contributed by atoms with Crippen LogP contribution in [0.2, 0.25) is 0 Å². The monoisotopic (exact) mass is 347 g/mol. The Morgan fingerprint density at radius 3 is 2.81 bits per heavy atom. The van der Waals surface area contributed by atoms with Gasteiger partial charge in [0, 0.05) is 25.4 Å². The summed E-state index contributed by atoms with van der Waals surface area (Å²) in [7, 11) is 1.91. The second-order valence-corrected chi connectivity index (χ2v) is 5.03. The molecule has 0 unspecified atom stereocenters. The summed E-state index contributed by atoms with van der Waals surface area (Å²) in [6.45, 7) is 1.48. The number of rotatable bonds is 4. The first-order chi connectivity index (χ1) is 7.65. The van der Waals surface area contributed by atoms with Gasteiger partial charge in [-0.3, -0.25) is 4.68 Å². The first-order valence-corrected chi connectivity index (χ1v) is 6.35. The molecule has 0 bridgehead atoms. The highest BCUT2D eigenvalue weighted by Gasteiger charge is 2.05. The maximum Gasteiger partial charge on any atom is 0.183 e. The average Bonchev–Trinajstić information content (AvgIpc) is 2.75. The van der Waals surface area contributed by atoms with Crippen LogP contribution in [0.3, 0.4) is 0 Å². The summed E-state index contributed by atoms with van der Waals surface area (Å²) in [5.74, 6) is 0.891. The molecule has 86 valence electrons. The van der Waals surface area contributed by atoms with E-state index in [9.17, 15) is 0 Å². The topological polar surface area (TPSA) is 43.0 Å². The molecule has 0 aliphatic rings.